The number of hydrogen-bond acceptors (Lipinski definition) is 3. The predicted molar refractivity (Wildman–Crippen MR) is 136 cm³/mol. The van der Waals surface area contributed by atoms with Crippen molar-refractivity contribution in [2.75, 3.05) is 5.73 Å². The van der Waals surface area contributed by atoms with Gasteiger partial charge in [0.15, 0.2) is 0 Å². The Morgan fingerprint density at radius 2 is 0.897 bits per heavy atom. The molecule has 0 saturated heterocycles. The van der Waals surface area contributed by atoms with Crippen molar-refractivity contribution in [2.45, 2.75) is 0 Å². The quantitative estimate of drug-likeness (QED) is 0.158. The minimum Gasteiger partial charge on any atom is -0.423 e. The average Bonchev–Trinajstić information content (AvgIpc) is 2.52. The molecule has 3 rings (SSSR count). The zero-order valence-corrected chi connectivity index (χ0v) is 21.1. The molecule has 0 fully saturated rings. The van der Waals surface area contributed by atoms with Gasteiger partial charge in [0.05, 0.1) is 0 Å². The molecule has 11 heteroatoms. The summed E-state index contributed by atoms with van der Waals surface area (Å²) in [6.45, 7) is 0. The van der Waals surface area contributed by atoms with E-state index in [0.29, 0.717) is 41.3 Å². The van der Waals surface area contributed by atoms with Gasteiger partial charge in [-0.25, -0.2) is 0 Å². The van der Waals surface area contributed by atoms with Crippen molar-refractivity contribution < 1.29 is 10.0 Å². The van der Waals surface area contributed by atoms with E-state index in [1.165, 1.54) is 18.2 Å². The fourth-order valence-electron chi connectivity index (χ4n) is 1.82. The van der Waals surface area contributed by atoms with Gasteiger partial charge in [-0.15, -0.1) is 0 Å². The van der Waals surface area contributed by atoms with Crippen molar-refractivity contribution in [3.8, 4) is 0 Å². The maximum Gasteiger partial charge on any atom is 0.488 e. The van der Waals surface area contributed by atoms with E-state index in [0.717, 1.165) is 3.57 Å². The van der Waals surface area contributed by atoms with Gasteiger partial charge in [-0.1, -0.05) is 69.6 Å². The number of nitrogens with two attached hydrogens (primary N) is 1. The maximum atomic E-state index is 8.71. The Bertz CT molecular complexity index is 791. The van der Waals surface area contributed by atoms with E-state index < -0.39 is 7.12 Å². The molecule has 0 heterocycles. The summed E-state index contributed by atoms with van der Waals surface area (Å²) in [5.74, 6) is 0. The molecule has 3 nitrogen and oxygen atoms in total. The van der Waals surface area contributed by atoms with Crippen LogP contribution in [0.4, 0.5) is 5.69 Å². The fourth-order valence-corrected chi connectivity index (χ4v) is 4.47. The molecule has 0 atom stereocenters. The zero-order valence-electron chi connectivity index (χ0n) is 14.4. The topological polar surface area (TPSA) is 66.5 Å². The van der Waals surface area contributed by atoms with E-state index in [1.54, 1.807) is 24.3 Å². The molecule has 0 aromatic heterocycles. The Labute approximate surface area is 212 Å². The second-order valence-electron chi connectivity index (χ2n) is 5.37. The van der Waals surface area contributed by atoms with Crippen LogP contribution in [-0.2, 0) is 0 Å². The first kappa shape index (κ1) is 26.9. The maximum absolute atomic E-state index is 8.71. The zero-order chi connectivity index (χ0) is 22.1. The lowest BCUT2D eigenvalue weighted by molar-refractivity contribution is 0.426. The number of rotatable bonds is 1. The lowest BCUT2D eigenvalue weighted by atomic mass is 9.80. The second-order valence-corrected chi connectivity index (χ2v) is 9.23. The van der Waals surface area contributed by atoms with Crippen molar-refractivity contribution in [1.29, 1.82) is 0 Å². The first-order chi connectivity index (χ1) is 13.5. The highest BCUT2D eigenvalue weighted by molar-refractivity contribution is 14.1. The summed E-state index contributed by atoms with van der Waals surface area (Å²) >= 11 is 35.8. The molecule has 0 aliphatic heterocycles. The summed E-state index contributed by atoms with van der Waals surface area (Å²) < 4.78 is 1.06. The largest absolute Gasteiger partial charge is 0.488 e. The Morgan fingerprint density at radius 1 is 0.586 bits per heavy atom. The van der Waals surface area contributed by atoms with Gasteiger partial charge in [-0.05, 0) is 82.7 Å². The Kier molecular flexibility index (Phi) is 12.4. The van der Waals surface area contributed by atoms with Gasteiger partial charge in [0.25, 0.3) is 0 Å². The van der Waals surface area contributed by atoms with Crippen molar-refractivity contribution in [2.24, 2.45) is 0 Å². The monoisotopic (exact) mass is 623 g/mol. The van der Waals surface area contributed by atoms with Crippen LogP contribution in [0.2, 0.25) is 30.1 Å². The predicted octanol–water partition coefficient (Wildman–Crippen LogP) is 6.85. The fraction of sp³-hybridized carbons (Fsp3) is 0. The van der Waals surface area contributed by atoms with Crippen LogP contribution >= 0.6 is 92.2 Å². The van der Waals surface area contributed by atoms with Gasteiger partial charge in [0, 0.05) is 39.4 Å². The summed E-state index contributed by atoms with van der Waals surface area (Å²) in [4.78, 5) is 0. The number of halogens is 7. The number of benzene rings is 3. The van der Waals surface area contributed by atoms with E-state index >= 15 is 0 Å². The number of anilines is 1. The van der Waals surface area contributed by atoms with Crippen LogP contribution in [0.1, 0.15) is 0 Å². The van der Waals surface area contributed by atoms with Gasteiger partial charge in [-0.3, -0.25) is 0 Å². The molecule has 3 aromatic rings. The molecule has 4 N–H and O–H groups in total. The molecule has 0 amide bonds. The van der Waals surface area contributed by atoms with Gasteiger partial charge in [-0.2, -0.15) is 0 Å². The number of hydrogen-bond donors (Lipinski definition) is 3. The highest BCUT2D eigenvalue weighted by Gasteiger charge is 2.11. The molecule has 3 aromatic carbocycles. The van der Waals surface area contributed by atoms with Crippen molar-refractivity contribution >= 4 is 110 Å². The lowest BCUT2D eigenvalue weighted by Crippen LogP contribution is -2.29. The molecule has 29 heavy (non-hydrogen) atoms. The van der Waals surface area contributed by atoms with Crippen LogP contribution in [-0.4, -0.2) is 17.2 Å². The highest BCUT2D eigenvalue weighted by Crippen LogP contribution is 2.20. The van der Waals surface area contributed by atoms with Crippen molar-refractivity contribution in [1.82, 2.24) is 0 Å². The summed E-state index contributed by atoms with van der Waals surface area (Å²) in [6.07, 6.45) is 0. The smallest absolute Gasteiger partial charge is 0.423 e. The van der Waals surface area contributed by atoms with Crippen molar-refractivity contribution in [3.05, 3.63) is 88.3 Å². The standard InChI is InChI=1S/C6H5BCl2O2.C6H3Cl2I.C6H5Cl2N/c8-5-1-4(7(10)11)2-6(9)3-5;2*7-4-1-5(8)3-6(9)2-4/h1-3,10-11H;1-3H;1-3H,9H2. The third-order valence-corrected chi connectivity index (χ3v) is 4.83. The Balaban J connectivity index is 0.000000219. The first-order valence-electron chi connectivity index (χ1n) is 7.61. The van der Waals surface area contributed by atoms with Crippen LogP contribution in [0.3, 0.4) is 0 Å². The van der Waals surface area contributed by atoms with E-state index in [2.05, 4.69) is 22.6 Å². The highest BCUT2D eigenvalue weighted by atomic mass is 127. The molecule has 0 bridgehead atoms. The second kappa shape index (κ2) is 13.4. The van der Waals surface area contributed by atoms with E-state index in [4.69, 9.17) is 85.4 Å². The molecule has 0 spiro atoms. The van der Waals surface area contributed by atoms with E-state index in [-0.39, 0.29) is 0 Å². The molecule has 0 aliphatic rings. The molecule has 0 saturated carbocycles. The normalized spacial score (nSPS) is 9.69. The summed E-state index contributed by atoms with van der Waals surface area (Å²) in [5.41, 5.74) is 6.27. The van der Waals surface area contributed by atoms with Gasteiger partial charge in [0.2, 0.25) is 0 Å². The molecule has 0 unspecified atom stereocenters. The minimum absolute atomic E-state index is 0.294. The van der Waals surface area contributed by atoms with Crippen molar-refractivity contribution in [3.63, 3.8) is 0 Å². The third kappa shape index (κ3) is 11.8. The third-order valence-electron chi connectivity index (χ3n) is 2.90. The molecule has 0 radical (unpaired) electrons. The van der Waals surface area contributed by atoms with Crippen LogP contribution in [0.25, 0.3) is 0 Å². The Hall–Kier alpha value is -0.0851. The van der Waals surface area contributed by atoms with Gasteiger partial charge in [0.1, 0.15) is 0 Å². The summed E-state index contributed by atoms with van der Waals surface area (Å²) in [6, 6.07) is 14.8. The lowest BCUT2D eigenvalue weighted by Gasteiger charge is -1.99. The Morgan fingerprint density at radius 3 is 1.17 bits per heavy atom. The van der Waals surface area contributed by atoms with Gasteiger partial charge < -0.3 is 15.8 Å². The van der Waals surface area contributed by atoms with Crippen LogP contribution in [0.5, 0.6) is 0 Å². The van der Waals surface area contributed by atoms with Crippen LogP contribution in [0.15, 0.2) is 54.6 Å². The molecular formula is C18H13BCl6INO2. The molecule has 0 aliphatic carbocycles. The van der Waals surface area contributed by atoms with E-state index in [1.807, 2.05) is 12.1 Å². The van der Waals surface area contributed by atoms with E-state index in [9.17, 15) is 0 Å². The minimum atomic E-state index is -1.52. The van der Waals surface area contributed by atoms with Crippen LogP contribution in [0, 0.1) is 3.57 Å². The van der Waals surface area contributed by atoms with Crippen LogP contribution < -0.4 is 11.2 Å². The van der Waals surface area contributed by atoms with Gasteiger partial charge >= 0.3 is 7.12 Å². The number of nitrogen functional groups attached to an aromatic ring is 1. The SMILES string of the molecule is Clc1cc(Cl)cc(I)c1.Nc1cc(Cl)cc(Cl)c1.OB(O)c1cc(Cl)cc(Cl)c1. The molecular weight excluding hydrogens is 613 g/mol. The summed E-state index contributed by atoms with van der Waals surface area (Å²) in [5, 5.41) is 20.7. The molecule has 154 valence electrons. The summed E-state index contributed by atoms with van der Waals surface area (Å²) in [7, 11) is -1.52. The average molecular weight is 626 g/mol. The first-order valence-corrected chi connectivity index (χ1v) is 11.0.